The molecular formula is C81H151NO5. The molecular weight excluding hydrogens is 1070 g/mol. The Morgan fingerprint density at radius 3 is 0.897 bits per heavy atom. The Labute approximate surface area is 543 Å². The first-order valence-electron chi connectivity index (χ1n) is 39.1. The third kappa shape index (κ3) is 72.5. The van der Waals surface area contributed by atoms with E-state index >= 15 is 0 Å². The maximum absolute atomic E-state index is 12.6. The minimum absolute atomic E-state index is 0.00414. The van der Waals surface area contributed by atoms with Gasteiger partial charge in [-0.25, -0.2) is 0 Å². The van der Waals surface area contributed by atoms with Crippen LogP contribution >= 0.6 is 0 Å². The highest BCUT2D eigenvalue weighted by Crippen LogP contribution is 2.19. The van der Waals surface area contributed by atoms with Crippen molar-refractivity contribution in [2.24, 2.45) is 0 Å². The van der Waals surface area contributed by atoms with Crippen molar-refractivity contribution in [1.29, 1.82) is 0 Å². The summed E-state index contributed by atoms with van der Waals surface area (Å²) in [5.74, 6) is -0.0610. The third-order valence-electron chi connectivity index (χ3n) is 18.0. The number of esters is 1. The molecule has 0 aromatic heterocycles. The van der Waals surface area contributed by atoms with Crippen LogP contribution < -0.4 is 5.32 Å². The van der Waals surface area contributed by atoms with Gasteiger partial charge in [0.05, 0.1) is 25.4 Å². The van der Waals surface area contributed by atoms with Crippen LogP contribution in [-0.2, 0) is 14.3 Å². The molecule has 0 spiro atoms. The van der Waals surface area contributed by atoms with Crippen LogP contribution in [0.3, 0.4) is 0 Å². The molecule has 0 aromatic rings. The zero-order chi connectivity index (χ0) is 62.8. The van der Waals surface area contributed by atoms with Crippen molar-refractivity contribution in [3.63, 3.8) is 0 Å². The monoisotopic (exact) mass is 1220 g/mol. The Balaban J connectivity index is 3.43. The molecule has 0 bridgehead atoms. The van der Waals surface area contributed by atoms with Crippen LogP contribution in [0.2, 0.25) is 0 Å². The van der Waals surface area contributed by atoms with Crippen molar-refractivity contribution in [3.05, 3.63) is 60.8 Å². The van der Waals surface area contributed by atoms with Gasteiger partial charge in [0.1, 0.15) is 0 Å². The Hall–Kier alpha value is -2.44. The van der Waals surface area contributed by atoms with E-state index in [0.29, 0.717) is 19.4 Å². The molecule has 3 N–H and O–H groups in total. The molecule has 0 radical (unpaired) electrons. The quantitative estimate of drug-likeness (QED) is 0.0320. The van der Waals surface area contributed by atoms with Crippen LogP contribution in [0.1, 0.15) is 418 Å². The average Bonchev–Trinajstić information content (AvgIpc) is 3.57. The van der Waals surface area contributed by atoms with E-state index in [1.165, 1.54) is 334 Å². The minimum Gasteiger partial charge on any atom is -0.466 e. The largest absolute Gasteiger partial charge is 0.466 e. The first-order valence-corrected chi connectivity index (χ1v) is 39.1. The highest BCUT2D eigenvalue weighted by Gasteiger charge is 2.18. The fourth-order valence-electron chi connectivity index (χ4n) is 12.1. The van der Waals surface area contributed by atoms with E-state index in [1.54, 1.807) is 6.08 Å². The number of hydrogen-bond acceptors (Lipinski definition) is 5. The molecule has 0 rings (SSSR count). The van der Waals surface area contributed by atoms with Gasteiger partial charge >= 0.3 is 5.97 Å². The number of allylic oxidation sites excluding steroid dienone is 9. The number of nitrogens with one attached hydrogen (secondary N) is 1. The topological polar surface area (TPSA) is 95.9 Å². The van der Waals surface area contributed by atoms with Crippen molar-refractivity contribution in [2.75, 3.05) is 13.2 Å². The third-order valence-corrected chi connectivity index (χ3v) is 18.0. The summed E-state index contributed by atoms with van der Waals surface area (Å²) in [6.45, 7) is 4.91. The molecule has 2 unspecified atom stereocenters. The van der Waals surface area contributed by atoms with Gasteiger partial charge < -0.3 is 20.3 Å². The second-order valence-electron chi connectivity index (χ2n) is 26.7. The maximum Gasteiger partial charge on any atom is 0.305 e. The Kier molecular flexibility index (Phi) is 73.9. The summed E-state index contributed by atoms with van der Waals surface area (Å²) in [6, 6.07) is -0.632. The van der Waals surface area contributed by atoms with Gasteiger partial charge in [-0.1, -0.05) is 370 Å². The number of rotatable bonds is 73. The van der Waals surface area contributed by atoms with E-state index in [1.807, 2.05) is 6.08 Å². The van der Waals surface area contributed by atoms with Crippen LogP contribution in [0.5, 0.6) is 0 Å². The normalized spacial score (nSPS) is 12.8. The Morgan fingerprint density at radius 1 is 0.322 bits per heavy atom. The van der Waals surface area contributed by atoms with Gasteiger partial charge in [0.15, 0.2) is 0 Å². The Bertz CT molecular complexity index is 1500. The second kappa shape index (κ2) is 76.0. The van der Waals surface area contributed by atoms with Gasteiger partial charge in [0.2, 0.25) is 5.91 Å². The number of unbranched alkanes of at least 4 members (excludes halogenated alkanes) is 54. The summed E-state index contributed by atoms with van der Waals surface area (Å²) in [5, 5.41) is 23.3. The van der Waals surface area contributed by atoms with Gasteiger partial charge in [-0.3, -0.25) is 9.59 Å². The van der Waals surface area contributed by atoms with Gasteiger partial charge in [0, 0.05) is 12.8 Å². The van der Waals surface area contributed by atoms with Crippen molar-refractivity contribution in [3.8, 4) is 0 Å². The number of aliphatic hydroxyl groups is 2. The highest BCUT2D eigenvalue weighted by atomic mass is 16.5. The zero-order valence-corrected chi connectivity index (χ0v) is 58.5. The summed E-state index contributed by atoms with van der Waals surface area (Å²) < 4.78 is 5.50. The van der Waals surface area contributed by atoms with E-state index < -0.39 is 12.1 Å². The number of carbonyl (C=O) groups is 2. The summed E-state index contributed by atoms with van der Waals surface area (Å²) in [4.78, 5) is 24.7. The predicted octanol–water partition coefficient (Wildman–Crippen LogP) is 25.8. The molecule has 87 heavy (non-hydrogen) atoms. The van der Waals surface area contributed by atoms with Crippen molar-refractivity contribution < 1.29 is 24.5 Å². The van der Waals surface area contributed by atoms with Gasteiger partial charge in [-0.2, -0.15) is 0 Å². The minimum atomic E-state index is -0.848. The van der Waals surface area contributed by atoms with Crippen LogP contribution in [0, 0.1) is 0 Å². The van der Waals surface area contributed by atoms with E-state index in [9.17, 15) is 19.8 Å². The SMILES string of the molecule is CCCCC/C=C\C/C=C\CCCCCCCCCC(=O)OCCCCCCCCCCC/C=C\C/C=C\CCCCCCCCCCCCCCCC(=O)NC(CO)C(O)/C=C/CCCCCCCCCCCCCCCCCCCCCCCC. The molecule has 6 heteroatoms. The molecule has 0 aliphatic rings. The van der Waals surface area contributed by atoms with Crippen LogP contribution in [0.15, 0.2) is 60.8 Å². The van der Waals surface area contributed by atoms with Crippen LogP contribution in [0.4, 0.5) is 0 Å². The molecule has 1 amide bonds. The lowest BCUT2D eigenvalue weighted by molar-refractivity contribution is -0.143. The summed E-state index contributed by atoms with van der Waals surface area (Å²) in [7, 11) is 0. The fraction of sp³-hybridized carbons (Fsp3) is 0.852. The molecule has 6 nitrogen and oxygen atoms in total. The number of ether oxygens (including phenoxy) is 1. The Morgan fingerprint density at radius 2 is 0.575 bits per heavy atom. The summed E-state index contributed by atoms with van der Waals surface area (Å²) in [5.41, 5.74) is 0. The molecule has 0 saturated heterocycles. The standard InChI is InChI=1S/C81H151NO5/c1-3-5-7-9-11-13-15-17-19-21-22-23-24-32-35-38-42-45-49-53-57-61-65-69-73-79(84)78(77-83)82-80(85)74-70-66-62-58-54-50-46-43-39-36-33-30-28-26-25-27-29-31-34-37-40-44-48-52-56-60-64-68-72-76-87-81(86)75-71-67-63-59-55-51-47-41-20-18-16-14-12-10-8-6-4-2/h12,14,18,20,25,27,31,34,69,73,78-79,83-84H,3-11,13,15-17,19,21-24,26,28-30,32-33,35-68,70-72,74-77H2,1-2H3,(H,82,85)/b14-12-,20-18-,27-25-,34-31-,73-69+. The maximum atomic E-state index is 12.6. The van der Waals surface area contributed by atoms with E-state index in [2.05, 4.69) is 67.8 Å². The molecule has 2 atom stereocenters. The van der Waals surface area contributed by atoms with Crippen molar-refractivity contribution >= 4 is 11.9 Å². The number of aliphatic hydroxyl groups excluding tert-OH is 2. The molecule has 0 saturated carbocycles. The second-order valence-corrected chi connectivity index (χ2v) is 26.7. The molecule has 0 aliphatic carbocycles. The lowest BCUT2D eigenvalue weighted by Gasteiger charge is -2.20. The average molecular weight is 1220 g/mol. The highest BCUT2D eigenvalue weighted by molar-refractivity contribution is 5.76. The predicted molar refractivity (Wildman–Crippen MR) is 384 cm³/mol. The van der Waals surface area contributed by atoms with Crippen LogP contribution in [0.25, 0.3) is 0 Å². The first kappa shape index (κ1) is 84.6. The molecule has 0 fully saturated rings. The first-order chi connectivity index (χ1) is 43.0. The van der Waals surface area contributed by atoms with Crippen molar-refractivity contribution in [1.82, 2.24) is 5.32 Å². The molecule has 510 valence electrons. The fourth-order valence-corrected chi connectivity index (χ4v) is 12.1. The van der Waals surface area contributed by atoms with Gasteiger partial charge in [-0.05, 0) is 96.3 Å². The van der Waals surface area contributed by atoms with Gasteiger partial charge in [-0.15, -0.1) is 0 Å². The molecule has 0 aliphatic heterocycles. The zero-order valence-electron chi connectivity index (χ0n) is 58.5. The van der Waals surface area contributed by atoms with Crippen molar-refractivity contribution in [2.45, 2.75) is 431 Å². The van der Waals surface area contributed by atoms with E-state index in [4.69, 9.17) is 4.74 Å². The molecule has 0 heterocycles. The lowest BCUT2D eigenvalue weighted by Crippen LogP contribution is -2.45. The molecule has 0 aromatic carbocycles. The van der Waals surface area contributed by atoms with E-state index in [-0.39, 0.29) is 18.5 Å². The number of amides is 1. The van der Waals surface area contributed by atoms with Gasteiger partial charge in [0.25, 0.3) is 0 Å². The lowest BCUT2D eigenvalue weighted by atomic mass is 10.0. The summed E-state index contributed by atoms with van der Waals surface area (Å²) >= 11 is 0. The number of hydrogen-bond donors (Lipinski definition) is 3. The summed E-state index contributed by atoms with van der Waals surface area (Å²) in [6.07, 6.45) is 102. The number of carbonyl (C=O) groups excluding carboxylic acids is 2. The van der Waals surface area contributed by atoms with Crippen LogP contribution in [-0.4, -0.2) is 47.4 Å². The smallest absolute Gasteiger partial charge is 0.305 e. The van der Waals surface area contributed by atoms with E-state index in [0.717, 1.165) is 57.8 Å².